The van der Waals surface area contributed by atoms with Gasteiger partial charge in [-0.3, -0.25) is 15.0 Å². The van der Waals surface area contributed by atoms with Gasteiger partial charge in [-0.15, -0.1) is 0 Å². The Labute approximate surface area is 153 Å². The van der Waals surface area contributed by atoms with Crippen molar-refractivity contribution in [3.63, 3.8) is 0 Å². The summed E-state index contributed by atoms with van der Waals surface area (Å²) in [6.07, 6.45) is 0. The first kappa shape index (κ1) is 18.5. The van der Waals surface area contributed by atoms with E-state index in [1.54, 1.807) is 42.5 Å². The Morgan fingerprint density at radius 3 is 2.27 bits per heavy atom. The Kier molecular flexibility index (Phi) is 5.36. The summed E-state index contributed by atoms with van der Waals surface area (Å²) in [6.45, 7) is 3.94. The molecule has 2 aromatic rings. The summed E-state index contributed by atoms with van der Waals surface area (Å²) in [6, 6.07) is 15.0. The average Bonchev–Trinajstić information content (AvgIpc) is 2.68. The van der Waals surface area contributed by atoms with Crippen molar-refractivity contribution in [1.82, 2.24) is 9.21 Å². The Hall–Kier alpha value is -2.29. The average molecular weight is 375 g/mol. The van der Waals surface area contributed by atoms with Gasteiger partial charge in [-0.05, 0) is 24.6 Å². The number of nitro groups is 1. The third-order valence-corrected chi connectivity index (χ3v) is 6.68. The van der Waals surface area contributed by atoms with E-state index in [1.165, 1.54) is 10.4 Å². The van der Waals surface area contributed by atoms with Crippen molar-refractivity contribution in [2.75, 3.05) is 26.2 Å². The zero-order valence-electron chi connectivity index (χ0n) is 14.5. The Bertz CT molecular complexity index is 878. The van der Waals surface area contributed by atoms with Gasteiger partial charge in [0.05, 0.1) is 9.82 Å². The lowest BCUT2D eigenvalue weighted by Crippen LogP contribution is -2.49. The van der Waals surface area contributed by atoms with Crippen molar-refractivity contribution in [2.45, 2.75) is 17.9 Å². The number of nitro benzene ring substituents is 1. The van der Waals surface area contributed by atoms with E-state index in [1.807, 2.05) is 13.0 Å². The van der Waals surface area contributed by atoms with E-state index in [9.17, 15) is 18.5 Å². The van der Waals surface area contributed by atoms with Gasteiger partial charge in [0, 0.05) is 44.4 Å². The van der Waals surface area contributed by atoms with Crippen LogP contribution >= 0.6 is 0 Å². The highest BCUT2D eigenvalue weighted by molar-refractivity contribution is 7.89. The summed E-state index contributed by atoms with van der Waals surface area (Å²) in [5.74, 6) is 0. The van der Waals surface area contributed by atoms with Crippen LogP contribution in [0.1, 0.15) is 18.5 Å². The van der Waals surface area contributed by atoms with Crippen LogP contribution in [0.5, 0.6) is 0 Å². The number of hydrogen-bond donors (Lipinski definition) is 0. The van der Waals surface area contributed by atoms with Crippen LogP contribution < -0.4 is 0 Å². The van der Waals surface area contributed by atoms with Gasteiger partial charge >= 0.3 is 0 Å². The Balaban J connectivity index is 1.69. The van der Waals surface area contributed by atoms with Gasteiger partial charge in [0.1, 0.15) is 0 Å². The maximum Gasteiger partial charge on any atom is 0.269 e. The zero-order chi connectivity index (χ0) is 18.7. The van der Waals surface area contributed by atoms with E-state index in [4.69, 9.17) is 0 Å². The van der Waals surface area contributed by atoms with Gasteiger partial charge in [-0.2, -0.15) is 4.31 Å². The first-order valence-corrected chi connectivity index (χ1v) is 9.87. The molecular weight excluding hydrogens is 354 g/mol. The van der Waals surface area contributed by atoms with Crippen molar-refractivity contribution in [1.29, 1.82) is 0 Å². The second kappa shape index (κ2) is 7.53. The summed E-state index contributed by atoms with van der Waals surface area (Å²) in [5.41, 5.74) is 0.929. The van der Waals surface area contributed by atoms with E-state index in [-0.39, 0.29) is 11.7 Å². The Morgan fingerprint density at radius 1 is 1.00 bits per heavy atom. The van der Waals surface area contributed by atoms with Gasteiger partial charge in [0.15, 0.2) is 0 Å². The number of benzene rings is 2. The molecule has 1 saturated heterocycles. The van der Waals surface area contributed by atoms with Crippen molar-refractivity contribution in [2.24, 2.45) is 0 Å². The third-order valence-electron chi connectivity index (χ3n) is 4.77. The maximum atomic E-state index is 12.7. The first-order chi connectivity index (χ1) is 12.4. The summed E-state index contributed by atoms with van der Waals surface area (Å²) in [5, 5.41) is 11.0. The molecule has 0 aromatic heterocycles. The second-order valence-electron chi connectivity index (χ2n) is 6.28. The van der Waals surface area contributed by atoms with Crippen LogP contribution in [0, 0.1) is 10.1 Å². The molecule has 138 valence electrons. The highest BCUT2D eigenvalue weighted by atomic mass is 32.2. The van der Waals surface area contributed by atoms with Crippen molar-refractivity contribution >= 4 is 15.7 Å². The van der Waals surface area contributed by atoms with Crippen LogP contribution in [0.25, 0.3) is 0 Å². The monoisotopic (exact) mass is 375 g/mol. The SMILES string of the molecule is C[C@H](c1cccc([N+](=O)[O-])c1)N1CCN(S(=O)(=O)c2ccccc2)CC1. The molecule has 1 aliphatic rings. The lowest BCUT2D eigenvalue weighted by molar-refractivity contribution is -0.385. The number of piperazine rings is 1. The molecule has 1 fully saturated rings. The smallest absolute Gasteiger partial charge is 0.269 e. The molecule has 2 aromatic carbocycles. The zero-order valence-corrected chi connectivity index (χ0v) is 15.3. The molecule has 3 rings (SSSR count). The van der Waals surface area contributed by atoms with Crippen LogP contribution in [0.2, 0.25) is 0 Å². The van der Waals surface area contributed by atoms with Crippen LogP contribution in [-0.2, 0) is 10.0 Å². The molecule has 0 N–H and O–H groups in total. The molecule has 0 spiro atoms. The van der Waals surface area contributed by atoms with Crippen LogP contribution in [-0.4, -0.2) is 48.7 Å². The number of nitrogens with zero attached hydrogens (tertiary/aromatic N) is 3. The van der Waals surface area contributed by atoms with Crippen LogP contribution in [0.3, 0.4) is 0 Å². The van der Waals surface area contributed by atoms with Crippen molar-refractivity contribution < 1.29 is 13.3 Å². The predicted octanol–water partition coefficient (Wildman–Crippen LogP) is 2.66. The Morgan fingerprint density at radius 2 is 1.65 bits per heavy atom. The normalized spacial score (nSPS) is 17.7. The molecule has 0 saturated carbocycles. The van der Waals surface area contributed by atoms with Gasteiger partial charge in [-0.25, -0.2) is 8.42 Å². The number of hydrogen-bond acceptors (Lipinski definition) is 5. The minimum atomic E-state index is -3.48. The van der Waals surface area contributed by atoms with Crippen LogP contribution in [0.15, 0.2) is 59.5 Å². The highest BCUT2D eigenvalue weighted by Gasteiger charge is 2.30. The lowest BCUT2D eigenvalue weighted by Gasteiger charge is -2.37. The number of non-ortho nitro benzene ring substituents is 1. The standard InChI is InChI=1S/C18H21N3O4S/c1-15(16-6-5-7-17(14-16)21(22)23)19-10-12-20(13-11-19)26(24,25)18-8-3-2-4-9-18/h2-9,14-15H,10-13H2,1H3/t15-/m1/s1. The largest absolute Gasteiger partial charge is 0.294 e. The fourth-order valence-electron chi connectivity index (χ4n) is 3.18. The summed E-state index contributed by atoms with van der Waals surface area (Å²) in [4.78, 5) is 13.0. The number of rotatable bonds is 5. The maximum absolute atomic E-state index is 12.7. The van der Waals surface area contributed by atoms with Crippen molar-refractivity contribution in [3.8, 4) is 0 Å². The quantitative estimate of drug-likeness (QED) is 0.593. The molecule has 8 heteroatoms. The summed E-state index contributed by atoms with van der Waals surface area (Å²) < 4.78 is 26.9. The van der Waals surface area contributed by atoms with E-state index >= 15 is 0 Å². The molecule has 1 aliphatic heterocycles. The minimum Gasteiger partial charge on any atom is -0.294 e. The van der Waals surface area contributed by atoms with E-state index in [2.05, 4.69) is 4.90 Å². The van der Waals surface area contributed by atoms with E-state index in [0.29, 0.717) is 31.1 Å². The minimum absolute atomic E-state index is 0.0171. The molecule has 7 nitrogen and oxygen atoms in total. The fraction of sp³-hybridized carbons (Fsp3) is 0.333. The third kappa shape index (κ3) is 3.77. The molecule has 0 amide bonds. The van der Waals surface area contributed by atoms with E-state index in [0.717, 1.165) is 5.56 Å². The van der Waals surface area contributed by atoms with Gasteiger partial charge in [-0.1, -0.05) is 30.3 Å². The topological polar surface area (TPSA) is 83.8 Å². The fourth-order valence-corrected chi connectivity index (χ4v) is 4.63. The van der Waals surface area contributed by atoms with E-state index < -0.39 is 14.9 Å². The van der Waals surface area contributed by atoms with Gasteiger partial charge < -0.3 is 0 Å². The molecule has 0 aliphatic carbocycles. The molecular formula is C18H21N3O4S. The summed E-state index contributed by atoms with van der Waals surface area (Å²) in [7, 11) is -3.48. The number of sulfonamides is 1. The summed E-state index contributed by atoms with van der Waals surface area (Å²) >= 11 is 0. The molecule has 26 heavy (non-hydrogen) atoms. The molecule has 0 unspecified atom stereocenters. The van der Waals surface area contributed by atoms with Crippen LogP contribution in [0.4, 0.5) is 5.69 Å². The lowest BCUT2D eigenvalue weighted by atomic mass is 10.1. The predicted molar refractivity (Wildman–Crippen MR) is 98.3 cm³/mol. The van der Waals surface area contributed by atoms with Crippen molar-refractivity contribution in [3.05, 3.63) is 70.3 Å². The highest BCUT2D eigenvalue weighted by Crippen LogP contribution is 2.26. The van der Waals surface area contributed by atoms with Gasteiger partial charge in [0.25, 0.3) is 5.69 Å². The molecule has 1 heterocycles. The molecule has 0 bridgehead atoms. The second-order valence-corrected chi connectivity index (χ2v) is 8.22. The van der Waals surface area contributed by atoms with Gasteiger partial charge in [0.2, 0.25) is 10.0 Å². The molecule has 1 atom stereocenters. The first-order valence-electron chi connectivity index (χ1n) is 8.43. The molecule has 0 radical (unpaired) electrons.